The highest BCUT2D eigenvalue weighted by molar-refractivity contribution is 5.85. The maximum atomic E-state index is 13.8. The summed E-state index contributed by atoms with van der Waals surface area (Å²) in [4.78, 5) is 11.4. The van der Waals surface area contributed by atoms with Gasteiger partial charge in [-0.1, -0.05) is 0 Å². The number of hydrogen-bond acceptors (Lipinski definition) is 2. The van der Waals surface area contributed by atoms with Crippen molar-refractivity contribution in [1.82, 2.24) is 0 Å². The van der Waals surface area contributed by atoms with Crippen molar-refractivity contribution in [3.05, 3.63) is 34.9 Å². The van der Waals surface area contributed by atoms with Crippen molar-refractivity contribution in [2.24, 2.45) is 0 Å². The van der Waals surface area contributed by atoms with Crippen LogP contribution in [0.15, 0.2) is 6.08 Å². The molecule has 0 aromatic heterocycles. The monoisotopic (exact) mass is 291 g/mol. The van der Waals surface area contributed by atoms with Crippen LogP contribution in [-0.2, 0) is 4.79 Å². The lowest BCUT2D eigenvalue weighted by Crippen LogP contribution is -2.25. The molecule has 20 heavy (non-hydrogen) atoms. The average molecular weight is 291 g/mol. The fraction of sp³-hybridized carbons (Fsp3) is 0.308. The van der Waals surface area contributed by atoms with Gasteiger partial charge >= 0.3 is 5.97 Å². The summed E-state index contributed by atoms with van der Waals surface area (Å²) in [5, 5.41) is 8.39. The number of rotatable bonds is 5. The molecule has 0 aliphatic carbocycles. The van der Waals surface area contributed by atoms with Crippen LogP contribution in [0.4, 0.5) is 23.2 Å². The number of carbonyl (C=O) groups is 1. The molecule has 1 aromatic carbocycles. The molecule has 7 heteroatoms. The van der Waals surface area contributed by atoms with Crippen LogP contribution in [0.25, 0.3) is 6.08 Å². The fourth-order valence-electron chi connectivity index (χ4n) is 1.76. The number of benzene rings is 1. The van der Waals surface area contributed by atoms with E-state index < -0.39 is 40.5 Å². The molecule has 0 saturated heterocycles. The van der Waals surface area contributed by atoms with Gasteiger partial charge in [-0.25, -0.2) is 22.4 Å². The van der Waals surface area contributed by atoms with E-state index in [1.54, 1.807) is 13.8 Å². The lowest BCUT2D eigenvalue weighted by atomic mass is 10.1. The van der Waals surface area contributed by atoms with Crippen LogP contribution in [0.3, 0.4) is 0 Å². The molecule has 0 amide bonds. The first-order valence-corrected chi connectivity index (χ1v) is 5.86. The molecule has 1 aromatic rings. The van der Waals surface area contributed by atoms with E-state index in [0.29, 0.717) is 12.2 Å². The maximum Gasteiger partial charge on any atom is 0.328 e. The topological polar surface area (TPSA) is 40.5 Å². The summed E-state index contributed by atoms with van der Waals surface area (Å²) in [7, 11) is 0. The molecule has 0 heterocycles. The Balaban J connectivity index is 3.52. The van der Waals surface area contributed by atoms with Crippen LogP contribution < -0.4 is 4.90 Å². The van der Waals surface area contributed by atoms with Gasteiger partial charge in [0.25, 0.3) is 0 Å². The summed E-state index contributed by atoms with van der Waals surface area (Å²) in [5.41, 5.74) is -1.85. The van der Waals surface area contributed by atoms with Gasteiger partial charge in [-0.05, 0) is 19.9 Å². The second-order valence-corrected chi connectivity index (χ2v) is 3.86. The van der Waals surface area contributed by atoms with Crippen molar-refractivity contribution in [2.75, 3.05) is 18.0 Å². The Hall–Kier alpha value is -2.05. The molecular formula is C13H13F4NO2. The van der Waals surface area contributed by atoms with Crippen molar-refractivity contribution >= 4 is 17.7 Å². The lowest BCUT2D eigenvalue weighted by Gasteiger charge is -2.23. The number of nitrogens with zero attached hydrogens (tertiary/aromatic N) is 1. The van der Waals surface area contributed by atoms with Crippen LogP contribution in [0, 0.1) is 23.3 Å². The van der Waals surface area contributed by atoms with Crippen molar-refractivity contribution in [2.45, 2.75) is 13.8 Å². The molecule has 3 nitrogen and oxygen atoms in total. The maximum absolute atomic E-state index is 13.8. The molecule has 0 atom stereocenters. The van der Waals surface area contributed by atoms with E-state index in [2.05, 4.69) is 0 Å². The Kier molecular flexibility index (Phi) is 5.12. The summed E-state index contributed by atoms with van der Waals surface area (Å²) in [5.74, 6) is -7.82. The third-order valence-electron chi connectivity index (χ3n) is 2.75. The first-order valence-electron chi connectivity index (χ1n) is 5.86. The van der Waals surface area contributed by atoms with Gasteiger partial charge in [-0.15, -0.1) is 0 Å². The molecule has 1 N–H and O–H groups in total. The first kappa shape index (κ1) is 16.0. The number of carboxylic acid groups (broad SMARTS) is 1. The zero-order valence-corrected chi connectivity index (χ0v) is 10.9. The van der Waals surface area contributed by atoms with E-state index in [-0.39, 0.29) is 13.1 Å². The Morgan fingerprint density at radius 1 is 1.05 bits per heavy atom. The predicted molar refractivity (Wildman–Crippen MR) is 66.5 cm³/mol. The minimum Gasteiger partial charge on any atom is -0.478 e. The zero-order valence-electron chi connectivity index (χ0n) is 10.9. The average Bonchev–Trinajstić information content (AvgIpc) is 2.41. The smallest absolute Gasteiger partial charge is 0.328 e. The molecule has 0 aliphatic rings. The van der Waals surface area contributed by atoms with Crippen molar-refractivity contribution in [3.63, 3.8) is 0 Å². The number of aliphatic carboxylic acids is 1. The van der Waals surface area contributed by atoms with E-state index in [0.717, 1.165) is 4.90 Å². The molecule has 110 valence electrons. The summed E-state index contributed by atoms with van der Waals surface area (Å²) in [6.07, 6.45) is 0.878. The predicted octanol–water partition coefficient (Wildman–Crippen LogP) is 3.19. The Morgan fingerprint density at radius 2 is 1.50 bits per heavy atom. The lowest BCUT2D eigenvalue weighted by molar-refractivity contribution is -0.131. The van der Waals surface area contributed by atoms with Crippen LogP contribution in [0.1, 0.15) is 19.4 Å². The number of anilines is 1. The SMILES string of the molecule is CCN(CC)c1c(F)c(F)c(/C=C\C(=O)O)c(F)c1F. The highest BCUT2D eigenvalue weighted by Crippen LogP contribution is 2.31. The Morgan fingerprint density at radius 3 is 1.85 bits per heavy atom. The van der Waals surface area contributed by atoms with Gasteiger partial charge in [0.2, 0.25) is 0 Å². The van der Waals surface area contributed by atoms with Gasteiger partial charge in [-0.3, -0.25) is 0 Å². The third kappa shape index (κ3) is 2.92. The van der Waals surface area contributed by atoms with Crippen LogP contribution >= 0.6 is 0 Å². The molecule has 0 aliphatic heterocycles. The molecular weight excluding hydrogens is 278 g/mol. The summed E-state index contributed by atoms with van der Waals surface area (Å²) >= 11 is 0. The minimum atomic E-state index is -1.62. The number of halogens is 4. The van der Waals surface area contributed by atoms with E-state index in [1.807, 2.05) is 0 Å². The summed E-state index contributed by atoms with van der Waals surface area (Å²) in [6, 6.07) is 0. The Labute approximate surface area is 113 Å². The van der Waals surface area contributed by atoms with E-state index >= 15 is 0 Å². The highest BCUT2D eigenvalue weighted by atomic mass is 19.2. The Bertz CT molecular complexity index is 525. The number of carboxylic acids is 1. The van der Waals surface area contributed by atoms with E-state index in [1.165, 1.54) is 0 Å². The van der Waals surface area contributed by atoms with Crippen molar-refractivity contribution in [1.29, 1.82) is 0 Å². The zero-order chi connectivity index (χ0) is 15.4. The molecule has 0 unspecified atom stereocenters. The van der Waals surface area contributed by atoms with Gasteiger partial charge in [-0.2, -0.15) is 0 Å². The van der Waals surface area contributed by atoms with Gasteiger partial charge in [0, 0.05) is 19.2 Å². The second-order valence-electron chi connectivity index (χ2n) is 3.86. The van der Waals surface area contributed by atoms with Crippen molar-refractivity contribution in [3.8, 4) is 0 Å². The van der Waals surface area contributed by atoms with Crippen LogP contribution in [0.5, 0.6) is 0 Å². The number of hydrogen-bond donors (Lipinski definition) is 1. The molecule has 1 rings (SSSR count). The standard InChI is InChI=1S/C13H13F4NO2/c1-3-18(4-2)13-11(16)9(14)7(5-6-8(19)20)10(15)12(13)17/h5-6H,3-4H2,1-2H3,(H,19,20)/b6-5-. The largest absolute Gasteiger partial charge is 0.478 e. The third-order valence-corrected chi connectivity index (χ3v) is 2.75. The van der Waals surface area contributed by atoms with Gasteiger partial charge in [0.1, 0.15) is 5.69 Å². The highest BCUT2D eigenvalue weighted by Gasteiger charge is 2.26. The molecule has 0 saturated carbocycles. The quantitative estimate of drug-likeness (QED) is 0.514. The normalized spacial score (nSPS) is 11.1. The molecule has 0 fully saturated rings. The molecule has 0 spiro atoms. The fourth-order valence-corrected chi connectivity index (χ4v) is 1.76. The second kappa shape index (κ2) is 6.40. The van der Waals surface area contributed by atoms with Crippen LogP contribution in [0.2, 0.25) is 0 Å². The van der Waals surface area contributed by atoms with Crippen molar-refractivity contribution < 1.29 is 27.5 Å². The molecule has 0 radical (unpaired) electrons. The van der Waals surface area contributed by atoms with Gasteiger partial charge in [0.05, 0.1) is 5.56 Å². The van der Waals surface area contributed by atoms with E-state index in [9.17, 15) is 22.4 Å². The van der Waals surface area contributed by atoms with Gasteiger partial charge in [0.15, 0.2) is 23.3 Å². The van der Waals surface area contributed by atoms with Gasteiger partial charge < -0.3 is 10.0 Å². The minimum absolute atomic E-state index is 0.160. The summed E-state index contributed by atoms with van der Waals surface area (Å²) < 4.78 is 55.2. The van der Waals surface area contributed by atoms with Crippen LogP contribution in [-0.4, -0.2) is 24.2 Å². The first-order chi connectivity index (χ1) is 9.34. The molecule has 0 bridgehead atoms. The summed E-state index contributed by atoms with van der Waals surface area (Å²) in [6.45, 7) is 3.48. The van der Waals surface area contributed by atoms with E-state index in [4.69, 9.17) is 5.11 Å².